The van der Waals surface area contributed by atoms with Crippen molar-refractivity contribution in [3.05, 3.63) is 23.8 Å². The molecule has 0 aromatic heterocycles. The first kappa shape index (κ1) is 16.4. The van der Waals surface area contributed by atoms with Gasteiger partial charge in [0.25, 0.3) is 0 Å². The molecule has 1 atom stereocenters. The average Bonchev–Trinajstić information content (AvgIpc) is 2.37. The molecule has 0 aliphatic rings. The maximum atomic E-state index is 12.1. The van der Waals surface area contributed by atoms with E-state index in [2.05, 4.69) is 4.72 Å². The fourth-order valence-electron chi connectivity index (χ4n) is 1.64. The maximum Gasteiger partial charge on any atom is 0.339 e. The van der Waals surface area contributed by atoms with Crippen LogP contribution in [-0.2, 0) is 14.8 Å². The van der Waals surface area contributed by atoms with E-state index in [1.54, 1.807) is 6.92 Å². The number of hydrogen-bond donors (Lipinski definition) is 2. The summed E-state index contributed by atoms with van der Waals surface area (Å²) in [7, 11) is -1.04. The predicted octanol–water partition coefficient (Wildman–Crippen LogP) is 0.707. The quantitative estimate of drug-likeness (QED) is 0.769. The molecule has 0 saturated heterocycles. The number of rotatable bonds is 7. The van der Waals surface area contributed by atoms with Gasteiger partial charge in [0.2, 0.25) is 10.0 Å². The molecule has 0 spiro atoms. The van der Waals surface area contributed by atoms with Crippen LogP contribution in [0.2, 0.25) is 0 Å². The lowest BCUT2D eigenvalue weighted by atomic mass is 10.2. The van der Waals surface area contributed by atoms with Crippen LogP contribution in [0.15, 0.2) is 23.1 Å². The topological polar surface area (TPSA) is 102 Å². The molecule has 112 valence electrons. The highest BCUT2D eigenvalue weighted by Crippen LogP contribution is 2.22. The van der Waals surface area contributed by atoms with E-state index in [0.29, 0.717) is 0 Å². The van der Waals surface area contributed by atoms with E-state index < -0.39 is 22.0 Å². The SMILES string of the molecule is COCC(C)NS(=O)(=O)c1ccc(OC)c(C(=O)O)c1. The van der Waals surface area contributed by atoms with Crippen molar-refractivity contribution >= 4 is 16.0 Å². The van der Waals surface area contributed by atoms with Crippen molar-refractivity contribution in [2.45, 2.75) is 17.9 Å². The van der Waals surface area contributed by atoms with Crippen LogP contribution in [0.1, 0.15) is 17.3 Å². The second kappa shape index (κ2) is 6.69. The van der Waals surface area contributed by atoms with E-state index in [-0.39, 0.29) is 22.8 Å². The summed E-state index contributed by atoms with van der Waals surface area (Å²) in [6.45, 7) is 1.85. The molecular weight excluding hydrogens is 286 g/mol. The fraction of sp³-hybridized carbons (Fsp3) is 0.417. The van der Waals surface area contributed by atoms with Gasteiger partial charge in [0.15, 0.2) is 0 Å². The van der Waals surface area contributed by atoms with E-state index in [1.807, 2.05) is 0 Å². The molecule has 0 bridgehead atoms. The van der Waals surface area contributed by atoms with Gasteiger partial charge in [0.05, 0.1) is 18.6 Å². The van der Waals surface area contributed by atoms with E-state index in [4.69, 9.17) is 14.6 Å². The van der Waals surface area contributed by atoms with Gasteiger partial charge in [-0.25, -0.2) is 17.9 Å². The molecule has 0 amide bonds. The molecule has 1 unspecified atom stereocenters. The normalized spacial score (nSPS) is 12.9. The van der Waals surface area contributed by atoms with Crippen LogP contribution < -0.4 is 9.46 Å². The Bertz CT molecular complexity index is 584. The van der Waals surface area contributed by atoms with Gasteiger partial charge < -0.3 is 14.6 Å². The van der Waals surface area contributed by atoms with Crippen LogP contribution >= 0.6 is 0 Å². The molecule has 0 aliphatic carbocycles. The number of aromatic carboxylic acids is 1. The van der Waals surface area contributed by atoms with Crippen LogP contribution in [0.5, 0.6) is 5.75 Å². The summed E-state index contributed by atoms with van der Waals surface area (Å²) in [6, 6.07) is 3.22. The standard InChI is InChI=1S/C12H17NO6S/c1-8(7-18-2)13-20(16,17)9-4-5-11(19-3)10(6-9)12(14)15/h4-6,8,13H,7H2,1-3H3,(H,14,15). The number of carboxylic acid groups (broad SMARTS) is 1. The van der Waals surface area contributed by atoms with Crippen molar-refractivity contribution in [1.82, 2.24) is 4.72 Å². The van der Waals surface area contributed by atoms with Crippen molar-refractivity contribution in [3.63, 3.8) is 0 Å². The minimum absolute atomic E-state index is 0.0985. The summed E-state index contributed by atoms with van der Waals surface area (Å²) >= 11 is 0. The Kier molecular flexibility index (Phi) is 5.49. The van der Waals surface area contributed by atoms with Gasteiger partial charge in [0, 0.05) is 13.2 Å². The Balaban J connectivity index is 3.13. The monoisotopic (exact) mass is 303 g/mol. The van der Waals surface area contributed by atoms with E-state index in [9.17, 15) is 13.2 Å². The lowest BCUT2D eigenvalue weighted by molar-refractivity contribution is 0.0693. The number of nitrogens with one attached hydrogen (secondary N) is 1. The third kappa shape index (κ3) is 3.92. The highest BCUT2D eigenvalue weighted by Gasteiger charge is 2.21. The Morgan fingerprint density at radius 2 is 2.05 bits per heavy atom. The van der Waals surface area contributed by atoms with E-state index in [0.717, 1.165) is 6.07 Å². The smallest absolute Gasteiger partial charge is 0.339 e. The predicted molar refractivity (Wildman–Crippen MR) is 71.6 cm³/mol. The molecule has 7 nitrogen and oxygen atoms in total. The number of carboxylic acids is 1. The van der Waals surface area contributed by atoms with Crippen LogP contribution in [0.3, 0.4) is 0 Å². The Hall–Kier alpha value is -1.64. The zero-order valence-electron chi connectivity index (χ0n) is 11.4. The summed E-state index contributed by atoms with van der Waals surface area (Å²) in [5.74, 6) is -1.16. The molecule has 0 saturated carbocycles. The van der Waals surface area contributed by atoms with Gasteiger partial charge in [0.1, 0.15) is 11.3 Å². The molecule has 1 aromatic rings. The Morgan fingerprint density at radius 1 is 1.40 bits per heavy atom. The number of sulfonamides is 1. The third-order valence-corrected chi connectivity index (χ3v) is 4.07. The molecule has 0 fully saturated rings. The first-order chi connectivity index (χ1) is 9.31. The van der Waals surface area contributed by atoms with Crippen molar-refractivity contribution in [2.75, 3.05) is 20.8 Å². The van der Waals surface area contributed by atoms with Gasteiger partial charge in [-0.3, -0.25) is 0 Å². The molecule has 1 aromatic carbocycles. The largest absolute Gasteiger partial charge is 0.496 e. The molecule has 1 rings (SSSR count). The zero-order chi connectivity index (χ0) is 15.3. The second-order valence-electron chi connectivity index (χ2n) is 4.14. The molecular formula is C12H17NO6S. The molecule has 20 heavy (non-hydrogen) atoms. The third-order valence-electron chi connectivity index (χ3n) is 2.48. The van der Waals surface area contributed by atoms with E-state index >= 15 is 0 Å². The summed E-state index contributed by atoms with van der Waals surface area (Å²) in [5.41, 5.74) is -0.213. The van der Waals surface area contributed by atoms with Crippen molar-refractivity contribution in [1.29, 1.82) is 0 Å². The van der Waals surface area contributed by atoms with Crippen molar-refractivity contribution < 1.29 is 27.8 Å². The number of hydrogen-bond acceptors (Lipinski definition) is 5. The highest BCUT2D eigenvalue weighted by molar-refractivity contribution is 7.89. The fourth-order valence-corrected chi connectivity index (χ4v) is 2.89. The zero-order valence-corrected chi connectivity index (χ0v) is 12.2. The van der Waals surface area contributed by atoms with Gasteiger partial charge >= 0.3 is 5.97 Å². The molecule has 0 heterocycles. The summed E-state index contributed by atoms with van der Waals surface area (Å²) in [4.78, 5) is 10.9. The number of ether oxygens (including phenoxy) is 2. The molecule has 0 aliphatic heterocycles. The minimum atomic E-state index is -3.81. The summed E-state index contributed by atoms with van der Waals surface area (Å²) in [5, 5.41) is 9.04. The van der Waals surface area contributed by atoms with Crippen LogP contribution in [0.25, 0.3) is 0 Å². The van der Waals surface area contributed by atoms with Gasteiger partial charge in [-0.05, 0) is 25.1 Å². The van der Waals surface area contributed by atoms with E-state index in [1.165, 1.54) is 26.4 Å². The molecule has 0 radical (unpaired) electrons. The number of methoxy groups -OCH3 is 2. The lowest BCUT2D eigenvalue weighted by Crippen LogP contribution is -2.35. The first-order valence-corrected chi connectivity index (χ1v) is 7.22. The average molecular weight is 303 g/mol. The van der Waals surface area contributed by atoms with Crippen LogP contribution in [0.4, 0.5) is 0 Å². The highest BCUT2D eigenvalue weighted by atomic mass is 32.2. The first-order valence-electron chi connectivity index (χ1n) is 5.74. The van der Waals surface area contributed by atoms with Gasteiger partial charge in [-0.15, -0.1) is 0 Å². The van der Waals surface area contributed by atoms with Gasteiger partial charge in [-0.2, -0.15) is 0 Å². The van der Waals surface area contributed by atoms with Gasteiger partial charge in [-0.1, -0.05) is 0 Å². The second-order valence-corrected chi connectivity index (χ2v) is 5.86. The number of carbonyl (C=O) groups is 1. The van der Waals surface area contributed by atoms with Crippen LogP contribution in [0, 0.1) is 0 Å². The van der Waals surface area contributed by atoms with Crippen molar-refractivity contribution in [3.8, 4) is 5.75 Å². The Labute approximate surface area is 117 Å². The summed E-state index contributed by atoms with van der Waals surface area (Å²) < 4.78 is 36.3. The molecule has 8 heteroatoms. The Morgan fingerprint density at radius 3 is 2.55 bits per heavy atom. The maximum absolute atomic E-state index is 12.1. The van der Waals surface area contributed by atoms with Crippen molar-refractivity contribution in [2.24, 2.45) is 0 Å². The minimum Gasteiger partial charge on any atom is -0.496 e. The number of benzene rings is 1. The molecule has 2 N–H and O–H groups in total. The summed E-state index contributed by atoms with van der Waals surface area (Å²) in [6.07, 6.45) is 0. The van der Waals surface area contributed by atoms with Crippen LogP contribution in [-0.4, -0.2) is 46.4 Å². The lowest BCUT2D eigenvalue weighted by Gasteiger charge is -2.14.